The molecule has 7 heteroatoms. The summed E-state index contributed by atoms with van der Waals surface area (Å²) in [6, 6.07) is 4.24. The molecule has 1 heterocycles. The normalized spacial score (nSPS) is 19.6. The van der Waals surface area contributed by atoms with E-state index in [4.69, 9.17) is 5.26 Å². The van der Waals surface area contributed by atoms with Crippen LogP contribution in [0.1, 0.15) is 17.5 Å². The van der Waals surface area contributed by atoms with Crippen molar-refractivity contribution in [1.82, 2.24) is 0 Å². The van der Waals surface area contributed by atoms with Gasteiger partial charge in [-0.1, -0.05) is 0 Å². The SMILES string of the molecule is N#Cc1cc(C(F)(F)F)ccc1N1CC(O)CC1=O. The van der Waals surface area contributed by atoms with E-state index in [1.54, 1.807) is 6.07 Å². The Kier molecular flexibility index (Phi) is 3.20. The molecule has 1 N–H and O–H groups in total. The van der Waals surface area contributed by atoms with Gasteiger partial charge in [0.15, 0.2) is 0 Å². The molecule has 1 aliphatic rings. The summed E-state index contributed by atoms with van der Waals surface area (Å²) in [5.74, 6) is -0.413. The lowest BCUT2D eigenvalue weighted by Gasteiger charge is -2.18. The maximum Gasteiger partial charge on any atom is 0.416 e. The first-order chi connectivity index (χ1) is 8.82. The zero-order valence-electron chi connectivity index (χ0n) is 9.61. The van der Waals surface area contributed by atoms with Crippen molar-refractivity contribution < 1.29 is 23.1 Å². The van der Waals surface area contributed by atoms with Gasteiger partial charge >= 0.3 is 6.18 Å². The molecule has 1 unspecified atom stereocenters. The van der Waals surface area contributed by atoms with E-state index in [1.165, 1.54) is 0 Å². The molecule has 1 fully saturated rings. The molecule has 0 aliphatic carbocycles. The van der Waals surface area contributed by atoms with Gasteiger partial charge < -0.3 is 10.0 Å². The van der Waals surface area contributed by atoms with Crippen molar-refractivity contribution in [2.24, 2.45) is 0 Å². The molecule has 19 heavy (non-hydrogen) atoms. The molecule has 100 valence electrons. The van der Waals surface area contributed by atoms with Crippen LogP contribution < -0.4 is 4.90 Å². The standard InChI is InChI=1S/C12H9F3N2O2/c13-12(14,15)8-1-2-10(7(3-8)5-16)17-6-9(18)4-11(17)19/h1-3,9,18H,4,6H2. The average molecular weight is 270 g/mol. The number of benzene rings is 1. The lowest BCUT2D eigenvalue weighted by atomic mass is 10.1. The number of amides is 1. The topological polar surface area (TPSA) is 64.3 Å². The molecule has 1 aromatic rings. The number of rotatable bonds is 1. The molecular formula is C12H9F3N2O2. The Labute approximate surface area is 106 Å². The Morgan fingerprint density at radius 1 is 1.42 bits per heavy atom. The fourth-order valence-electron chi connectivity index (χ4n) is 1.96. The quantitative estimate of drug-likeness (QED) is 0.844. The van der Waals surface area contributed by atoms with Gasteiger partial charge in [-0.05, 0) is 18.2 Å². The summed E-state index contributed by atoms with van der Waals surface area (Å²) < 4.78 is 37.6. The monoisotopic (exact) mass is 270 g/mol. The van der Waals surface area contributed by atoms with Gasteiger partial charge in [-0.15, -0.1) is 0 Å². The second-order valence-electron chi connectivity index (χ2n) is 4.20. The summed E-state index contributed by atoms with van der Waals surface area (Å²) >= 11 is 0. The van der Waals surface area contributed by atoms with Gasteiger partial charge in [-0.2, -0.15) is 18.4 Å². The van der Waals surface area contributed by atoms with Crippen LogP contribution in [0.5, 0.6) is 0 Å². The van der Waals surface area contributed by atoms with Crippen LogP contribution in [0.4, 0.5) is 18.9 Å². The van der Waals surface area contributed by atoms with Gasteiger partial charge in [0, 0.05) is 0 Å². The van der Waals surface area contributed by atoms with E-state index in [0.717, 1.165) is 17.0 Å². The molecule has 0 bridgehead atoms. The Morgan fingerprint density at radius 2 is 2.11 bits per heavy atom. The van der Waals surface area contributed by atoms with Crippen LogP contribution in [-0.2, 0) is 11.0 Å². The Hall–Kier alpha value is -2.07. The van der Waals surface area contributed by atoms with Crippen molar-refractivity contribution in [3.8, 4) is 6.07 Å². The largest absolute Gasteiger partial charge is 0.416 e. The van der Waals surface area contributed by atoms with E-state index in [2.05, 4.69) is 0 Å². The summed E-state index contributed by atoms with van der Waals surface area (Å²) in [5.41, 5.74) is -1.09. The molecule has 1 atom stereocenters. The second kappa shape index (κ2) is 4.55. The first-order valence-corrected chi connectivity index (χ1v) is 5.42. The van der Waals surface area contributed by atoms with Crippen LogP contribution in [0.3, 0.4) is 0 Å². The molecular weight excluding hydrogens is 261 g/mol. The Bertz CT molecular complexity index is 563. The Morgan fingerprint density at radius 3 is 2.58 bits per heavy atom. The third-order valence-electron chi connectivity index (χ3n) is 2.84. The van der Waals surface area contributed by atoms with Crippen LogP contribution in [-0.4, -0.2) is 23.7 Å². The molecule has 1 aromatic carbocycles. The number of β-amino-alcohol motifs (C(OH)–C–C–N with tert-alkyl or cyclic N) is 1. The lowest BCUT2D eigenvalue weighted by molar-refractivity contribution is -0.137. The van der Waals surface area contributed by atoms with Crippen LogP contribution in [0, 0.1) is 11.3 Å². The van der Waals surface area contributed by atoms with Gasteiger partial charge in [-0.3, -0.25) is 4.79 Å². The summed E-state index contributed by atoms with van der Waals surface area (Å²) in [4.78, 5) is 12.7. The number of aliphatic hydroxyl groups is 1. The van der Waals surface area contributed by atoms with E-state index >= 15 is 0 Å². The number of anilines is 1. The van der Waals surface area contributed by atoms with E-state index in [0.29, 0.717) is 6.07 Å². The average Bonchev–Trinajstić information content (AvgIpc) is 2.66. The van der Waals surface area contributed by atoms with Crippen molar-refractivity contribution in [3.63, 3.8) is 0 Å². The number of carbonyl (C=O) groups is 1. The molecule has 0 saturated carbocycles. The van der Waals surface area contributed by atoms with Crippen molar-refractivity contribution in [2.75, 3.05) is 11.4 Å². The zero-order chi connectivity index (χ0) is 14.2. The number of nitrogens with zero attached hydrogens (tertiary/aromatic N) is 2. The minimum Gasteiger partial charge on any atom is -0.391 e. The predicted octanol–water partition coefficient (Wildman–Crippen LogP) is 1.67. The number of aliphatic hydroxyl groups excluding tert-OH is 1. The molecule has 1 amide bonds. The van der Waals surface area contributed by atoms with E-state index in [1.807, 2.05) is 0 Å². The molecule has 0 spiro atoms. The third kappa shape index (κ3) is 2.53. The van der Waals surface area contributed by atoms with Crippen molar-refractivity contribution in [1.29, 1.82) is 5.26 Å². The van der Waals surface area contributed by atoms with E-state index in [-0.39, 0.29) is 24.2 Å². The molecule has 1 aliphatic heterocycles. The maximum absolute atomic E-state index is 12.5. The van der Waals surface area contributed by atoms with Crippen LogP contribution >= 0.6 is 0 Å². The second-order valence-corrected chi connectivity index (χ2v) is 4.20. The molecule has 1 saturated heterocycles. The number of hydrogen-bond acceptors (Lipinski definition) is 3. The number of nitriles is 1. The van der Waals surface area contributed by atoms with Gasteiger partial charge in [-0.25, -0.2) is 0 Å². The van der Waals surface area contributed by atoms with Crippen LogP contribution in [0.25, 0.3) is 0 Å². The zero-order valence-corrected chi connectivity index (χ0v) is 9.61. The minimum absolute atomic E-state index is 0.0150. The van der Waals surface area contributed by atoms with E-state index in [9.17, 15) is 23.1 Å². The van der Waals surface area contributed by atoms with Crippen molar-refractivity contribution in [2.45, 2.75) is 18.7 Å². The van der Waals surface area contributed by atoms with Gasteiger partial charge in [0.1, 0.15) is 6.07 Å². The van der Waals surface area contributed by atoms with E-state index < -0.39 is 23.8 Å². The van der Waals surface area contributed by atoms with Crippen molar-refractivity contribution in [3.05, 3.63) is 29.3 Å². The fourth-order valence-corrected chi connectivity index (χ4v) is 1.96. The van der Waals surface area contributed by atoms with Crippen LogP contribution in [0.15, 0.2) is 18.2 Å². The first-order valence-electron chi connectivity index (χ1n) is 5.42. The first kappa shape index (κ1) is 13.4. The molecule has 4 nitrogen and oxygen atoms in total. The molecule has 0 aromatic heterocycles. The van der Waals surface area contributed by atoms with Gasteiger partial charge in [0.25, 0.3) is 0 Å². The maximum atomic E-state index is 12.5. The van der Waals surface area contributed by atoms with Gasteiger partial charge in [0.05, 0.1) is 35.9 Å². The predicted molar refractivity (Wildman–Crippen MR) is 59.1 cm³/mol. The van der Waals surface area contributed by atoms with Crippen LogP contribution in [0.2, 0.25) is 0 Å². The number of alkyl halides is 3. The highest BCUT2D eigenvalue weighted by Crippen LogP contribution is 2.33. The number of hydrogen-bond donors (Lipinski definition) is 1. The molecule has 0 radical (unpaired) electrons. The highest BCUT2D eigenvalue weighted by molar-refractivity contribution is 5.97. The number of halogens is 3. The summed E-state index contributed by atoms with van der Waals surface area (Å²) in [5, 5.41) is 18.3. The summed E-state index contributed by atoms with van der Waals surface area (Å²) in [7, 11) is 0. The van der Waals surface area contributed by atoms with Crippen molar-refractivity contribution >= 4 is 11.6 Å². The summed E-state index contributed by atoms with van der Waals surface area (Å²) in [6.07, 6.45) is -5.49. The summed E-state index contributed by atoms with van der Waals surface area (Å²) in [6.45, 7) is -0.0150. The Balaban J connectivity index is 2.43. The highest BCUT2D eigenvalue weighted by atomic mass is 19.4. The smallest absolute Gasteiger partial charge is 0.391 e. The highest BCUT2D eigenvalue weighted by Gasteiger charge is 2.34. The minimum atomic E-state index is -4.54. The van der Waals surface area contributed by atoms with Gasteiger partial charge in [0.2, 0.25) is 5.91 Å². The lowest BCUT2D eigenvalue weighted by Crippen LogP contribution is -2.26. The molecule has 2 rings (SSSR count). The third-order valence-corrected chi connectivity index (χ3v) is 2.84. The fraction of sp³-hybridized carbons (Fsp3) is 0.333. The number of carbonyl (C=O) groups excluding carboxylic acids is 1.